The number of hydrogen-bond donors (Lipinski definition) is 2. The molecule has 0 radical (unpaired) electrons. The number of hydrogen-bond acceptors (Lipinski definition) is 5. The second-order valence-electron chi connectivity index (χ2n) is 3.56. The van der Waals surface area contributed by atoms with Crippen LogP contribution in [-0.4, -0.2) is 32.6 Å². The number of nitrogens with zero attached hydrogens (tertiary/aromatic N) is 3. The molecule has 0 spiro atoms. The minimum Gasteiger partial charge on any atom is -0.479 e. The van der Waals surface area contributed by atoms with Crippen LogP contribution in [0, 0.1) is 0 Å². The van der Waals surface area contributed by atoms with Gasteiger partial charge in [-0.15, -0.1) is 5.10 Å². The lowest BCUT2D eigenvalue weighted by Crippen LogP contribution is -2.30. The van der Waals surface area contributed by atoms with Crippen molar-refractivity contribution in [2.24, 2.45) is 0 Å². The number of benzene rings is 1. The van der Waals surface area contributed by atoms with Gasteiger partial charge in [0.1, 0.15) is 5.75 Å². The third-order valence-corrected chi connectivity index (χ3v) is 2.68. The van der Waals surface area contributed by atoms with Crippen LogP contribution in [0.1, 0.15) is 6.92 Å². The Morgan fingerprint density at radius 3 is 2.89 bits per heavy atom. The van der Waals surface area contributed by atoms with Gasteiger partial charge in [-0.25, -0.2) is 0 Å². The van der Waals surface area contributed by atoms with Gasteiger partial charge in [0, 0.05) is 5.02 Å². The molecule has 2 rings (SSSR count). The molecule has 1 aromatic heterocycles. The van der Waals surface area contributed by atoms with Gasteiger partial charge in [-0.05, 0) is 30.3 Å². The first-order valence-electron chi connectivity index (χ1n) is 5.22. The Kier molecular flexibility index (Phi) is 4.18. The Labute approximate surface area is 118 Å². The molecule has 0 bridgehead atoms. The van der Waals surface area contributed by atoms with Crippen molar-refractivity contribution in [2.75, 3.05) is 5.32 Å². The zero-order valence-corrected chi connectivity index (χ0v) is 11.2. The highest BCUT2D eigenvalue weighted by Crippen LogP contribution is 2.28. The molecule has 2 N–H and O–H groups in total. The fraction of sp³-hybridized carbons (Fsp3) is 0.200. The molecule has 2 aromatic rings. The number of amides is 1. The second-order valence-corrected chi connectivity index (χ2v) is 4.40. The Morgan fingerprint density at radius 1 is 1.47 bits per heavy atom. The van der Waals surface area contributed by atoms with Crippen LogP contribution in [0.2, 0.25) is 10.0 Å². The van der Waals surface area contributed by atoms with Crippen molar-refractivity contribution in [3.63, 3.8) is 0 Å². The van der Waals surface area contributed by atoms with E-state index in [1.54, 1.807) is 19.1 Å². The number of anilines is 1. The van der Waals surface area contributed by atoms with Crippen molar-refractivity contribution in [3.05, 3.63) is 28.2 Å². The quantitative estimate of drug-likeness (QED) is 0.900. The van der Waals surface area contributed by atoms with Crippen LogP contribution < -0.4 is 10.1 Å². The molecule has 19 heavy (non-hydrogen) atoms. The van der Waals surface area contributed by atoms with E-state index >= 15 is 0 Å². The van der Waals surface area contributed by atoms with E-state index in [1.807, 2.05) is 0 Å². The van der Waals surface area contributed by atoms with Crippen molar-refractivity contribution in [1.82, 2.24) is 20.6 Å². The standard InChI is InChI=1S/C10H9Cl2N5O2/c1-5(9(18)13-10-14-16-17-15-10)19-8-3-2-6(11)4-7(8)12/h2-5H,1H3,(H2,13,14,15,16,17,18)/t5-/m1/s1. The molecule has 1 heterocycles. The molecule has 0 aliphatic carbocycles. The monoisotopic (exact) mass is 301 g/mol. The maximum atomic E-state index is 11.8. The van der Waals surface area contributed by atoms with Gasteiger partial charge in [0.05, 0.1) is 5.02 Å². The molecule has 0 fully saturated rings. The van der Waals surface area contributed by atoms with E-state index in [-0.39, 0.29) is 5.95 Å². The minimum atomic E-state index is -0.780. The van der Waals surface area contributed by atoms with Crippen LogP contribution in [0.15, 0.2) is 18.2 Å². The molecule has 0 unspecified atom stereocenters. The Hall–Kier alpha value is -1.86. The van der Waals surface area contributed by atoms with Gasteiger partial charge >= 0.3 is 0 Å². The van der Waals surface area contributed by atoms with Gasteiger partial charge in [0.15, 0.2) is 6.10 Å². The van der Waals surface area contributed by atoms with Crippen LogP contribution in [0.4, 0.5) is 5.95 Å². The molecule has 1 aromatic carbocycles. The third-order valence-electron chi connectivity index (χ3n) is 2.15. The first-order valence-corrected chi connectivity index (χ1v) is 5.98. The summed E-state index contributed by atoms with van der Waals surface area (Å²) < 4.78 is 5.42. The fourth-order valence-electron chi connectivity index (χ4n) is 1.24. The summed E-state index contributed by atoms with van der Waals surface area (Å²) in [5.74, 6) is 0.0110. The number of carbonyl (C=O) groups excluding carboxylic acids is 1. The zero-order valence-electron chi connectivity index (χ0n) is 9.72. The van der Waals surface area contributed by atoms with E-state index in [0.717, 1.165) is 0 Å². The molecule has 0 aliphatic rings. The molecular weight excluding hydrogens is 293 g/mol. The largest absolute Gasteiger partial charge is 0.479 e. The Balaban J connectivity index is 2.00. The molecule has 0 saturated heterocycles. The Bertz CT molecular complexity index is 575. The van der Waals surface area contributed by atoms with E-state index in [1.165, 1.54) is 6.07 Å². The number of H-pyrrole nitrogens is 1. The summed E-state index contributed by atoms with van der Waals surface area (Å²) in [4.78, 5) is 11.8. The lowest BCUT2D eigenvalue weighted by molar-refractivity contribution is -0.122. The van der Waals surface area contributed by atoms with E-state index in [0.29, 0.717) is 15.8 Å². The molecule has 9 heteroatoms. The predicted molar refractivity (Wildman–Crippen MR) is 69.4 cm³/mol. The van der Waals surface area contributed by atoms with Crippen molar-refractivity contribution in [2.45, 2.75) is 13.0 Å². The van der Waals surface area contributed by atoms with Crippen LogP contribution in [0.5, 0.6) is 5.75 Å². The number of ether oxygens (including phenoxy) is 1. The average Bonchev–Trinajstić information content (AvgIpc) is 2.85. The predicted octanol–water partition coefficient (Wildman–Crippen LogP) is 1.91. The lowest BCUT2D eigenvalue weighted by Gasteiger charge is -2.14. The maximum absolute atomic E-state index is 11.8. The highest BCUT2D eigenvalue weighted by Gasteiger charge is 2.17. The molecule has 1 atom stereocenters. The van der Waals surface area contributed by atoms with Gasteiger partial charge in [-0.3, -0.25) is 10.1 Å². The van der Waals surface area contributed by atoms with Gasteiger partial charge in [0.2, 0.25) is 0 Å². The molecule has 7 nitrogen and oxygen atoms in total. The number of rotatable bonds is 4. The number of aromatic nitrogens is 4. The molecule has 1 amide bonds. The minimum absolute atomic E-state index is 0.0719. The summed E-state index contributed by atoms with van der Waals surface area (Å²) in [6.45, 7) is 1.57. The molecular formula is C10H9Cl2N5O2. The summed E-state index contributed by atoms with van der Waals surface area (Å²) in [5, 5.41) is 16.0. The summed E-state index contributed by atoms with van der Waals surface area (Å²) in [6, 6.07) is 4.73. The van der Waals surface area contributed by atoms with Crippen LogP contribution in [0.3, 0.4) is 0 Å². The number of aromatic amines is 1. The summed E-state index contributed by atoms with van der Waals surface area (Å²) in [6.07, 6.45) is -0.780. The van der Waals surface area contributed by atoms with Crippen molar-refractivity contribution < 1.29 is 9.53 Å². The topological polar surface area (TPSA) is 92.8 Å². The molecule has 0 aliphatic heterocycles. The number of tetrazole rings is 1. The lowest BCUT2D eigenvalue weighted by atomic mass is 10.3. The van der Waals surface area contributed by atoms with E-state index < -0.39 is 12.0 Å². The third kappa shape index (κ3) is 3.55. The summed E-state index contributed by atoms with van der Waals surface area (Å²) >= 11 is 11.7. The van der Waals surface area contributed by atoms with Crippen LogP contribution in [-0.2, 0) is 4.79 Å². The highest BCUT2D eigenvalue weighted by molar-refractivity contribution is 6.35. The zero-order chi connectivity index (χ0) is 13.8. The Morgan fingerprint density at radius 2 is 2.26 bits per heavy atom. The molecule has 0 saturated carbocycles. The van der Waals surface area contributed by atoms with Crippen LogP contribution >= 0.6 is 23.2 Å². The maximum Gasteiger partial charge on any atom is 0.269 e. The number of carbonyl (C=O) groups is 1. The van der Waals surface area contributed by atoms with Crippen molar-refractivity contribution in [3.8, 4) is 5.75 Å². The van der Waals surface area contributed by atoms with Gasteiger partial charge < -0.3 is 4.74 Å². The van der Waals surface area contributed by atoms with E-state index in [9.17, 15) is 4.79 Å². The van der Waals surface area contributed by atoms with Crippen LogP contribution in [0.25, 0.3) is 0 Å². The summed E-state index contributed by atoms with van der Waals surface area (Å²) in [5.41, 5.74) is 0. The van der Waals surface area contributed by atoms with Gasteiger partial charge in [-0.1, -0.05) is 28.3 Å². The summed E-state index contributed by atoms with van der Waals surface area (Å²) in [7, 11) is 0. The van der Waals surface area contributed by atoms with Crippen molar-refractivity contribution >= 4 is 35.1 Å². The second kappa shape index (κ2) is 5.85. The normalized spacial score (nSPS) is 11.9. The smallest absolute Gasteiger partial charge is 0.269 e. The SMILES string of the molecule is C[C@@H](Oc1ccc(Cl)cc1Cl)C(=O)Nc1nn[nH]n1. The first-order chi connectivity index (χ1) is 9.06. The van der Waals surface area contributed by atoms with Gasteiger partial charge in [-0.2, -0.15) is 5.21 Å². The highest BCUT2D eigenvalue weighted by atomic mass is 35.5. The van der Waals surface area contributed by atoms with Gasteiger partial charge in [0.25, 0.3) is 11.9 Å². The fourth-order valence-corrected chi connectivity index (χ4v) is 1.69. The first kappa shape index (κ1) is 13.6. The van der Waals surface area contributed by atoms with E-state index in [2.05, 4.69) is 25.9 Å². The van der Waals surface area contributed by atoms with E-state index in [4.69, 9.17) is 27.9 Å². The average molecular weight is 302 g/mol. The van der Waals surface area contributed by atoms with Crippen molar-refractivity contribution in [1.29, 1.82) is 0 Å². The number of nitrogens with one attached hydrogen (secondary N) is 2. The molecule has 100 valence electrons. The number of halogens is 2.